The summed E-state index contributed by atoms with van der Waals surface area (Å²) in [5.41, 5.74) is 0.646. The van der Waals surface area contributed by atoms with Crippen LogP contribution >= 0.6 is 0 Å². The molecule has 1 aliphatic rings. The molecule has 5 heteroatoms. The van der Waals surface area contributed by atoms with E-state index in [-0.39, 0.29) is 12.6 Å². The van der Waals surface area contributed by atoms with Crippen molar-refractivity contribution in [3.05, 3.63) is 53.9 Å². The van der Waals surface area contributed by atoms with Crippen LogP contribution in [0.1, 0.15) is 24.0 Å². The van der Waals surface area contributed by atoms with Crippen molar-refractivity contribution in [2.24, 2.45) is 0 Å². The molecule has 1 saturated carbocycles. The summed E-state index contributed by atoms with van der Waals surface area (Å²) in [7, 11) is 0. The number of benzene rings is 1. The van der Waals surface area contributed by atoms with Crippen LogP contribution in [-0.4, -0.2) is 26.9 Å². The van der Waals surface area contributed by atoms with E-state index in [2.05, 4.69) is 10.4 Å². The summed E-state index contributed by atoms with van der Waals surface area (Å²) in [6.07, 6.45) is 5.67. The van der Waals surface area contributed by atoms with E-state index in [1.165, 1.54) is 0 Å². The third-order valence-electron chi connectivity index (χ3n) is 3.82. The maximum Gasteiger partial charge on any atom is 0.330 e. The maximum atomic E-state index is 12.1. The molecule has 110 valence electrons. The average Bonchev–Trinajstić information content (AvgIpc) is 3.20. The lowest BCUT2D eigenvalue weighted by molar-refractivity contribution is -0.146. The number of rotatable bonds is 6. The van der Waals surface area contributed by atoms with E-state index >= 15 is 0 Å². The van der Waals surface area contributed by atoms with Crippen LogP contribution in [0.2, 0.25) is 0 Å². The van der Waals surface area contributed by atoms with Crippen molar-refractivity contribution >= 4 is 5.97 Å². The van der Waals surface area contributed by atoms with Crippen LogP contribution in [0.4, 0.5) is 0 Å². The number of aromatic nitrogens is 2. The average molecular weight is 285 g/mol. The first kappa shape index (κ1) is 13.8. The Kier molecular flexibility index (Phi) is 3.51. The highest BCUT2D eigenvalue weighted by atomic mass is 16.4. The molecule has 0 radical (unpaired) electrons. The van der Waals surface area contributed by atoms with E-state index < -0.39 is 11.5 Å². The van der Waals surface area contributed by atoms with Crippen LogP contribution in [0.5, 0.6) is 0 Å². The van der Waals surface area contributed by atoms with Crippen molar-refractivity contribution in [1.29, 1.82) is 0 Å². The van der Waals surface area contributed by atoms with Crippen molar-refractivity contribution in [1.82, 2.24) is 15.1 Å². The Morgan fingerprint density at radius 2 is 2.14 bits per heavy atom. The van der Waals surface area contributed by atoms with Gasteiger partial charge in [-0.1, -0.05) is 30.3 Å². The number of hydrogen-bond acceptors (Lipinski definition) is 3. The summed E-state index contributed by atoms with van der Waals surface area (Å²) in [5.74, 6) is -0.867. The van der Waals surface area contributed by atoms with Gasteiger partial charge in [0.2, 0.25) is 0 Å². The predicted molar refractivity (Wildman–Crippen MR) is 78.9 cm³/mol. The van der Waals surface area contributed by atoms with Crippen LogP contribution in [0, 0.1) is 6.92 Å². The first-order chi connectivity index (χ1) is 10.1. The summed E-state index contributed by atoms with van der Waals surface area (Å²) in [6.45, 7) is 2.22. The fourth-order valence-corrected chi connectivity index (χ4v) is 2.57. The normalized spacial score (nSPS) is 17.4. The Labute approximate surface area is 123 Å². The fourth-order valence-electron chi connectivity index (χ4n) is 2.57. The molecule has 5 nitrogen and oxygen atoms in total. The number of carboxylic acids is 1. The van der Waals surface area contributed by atoms with Gasteiger partial charge >= 0.3 is 5.97 Å². The van der Waals surface area contributed by atoms with E-state index in [0.29, 0.717) is 0 Å². The lowest BCUT2D eigenvalue weighted by Gasteiger charge is -2.31. The van der Waals surface area contributed by atoms with Crippen LogP contribution < -0.4 is 5.32 Å². The molecular weight excluding hydrogens is 266 g/mol. The van der Waals surface area contributed by atoms with Crippen molar-refractivity contribution in [2.45, 2.75) is 37.9 Å². The first-order valence-electron chi connectivity index (χ1n) is 7.16. The standard InChI is InChI=1S/C16H19N3O2/c1-12-9-17-19(10-12)11-16(15(20)21,18-14-7-8-14)13-5-3-2-4-6-13/h2-6,9-10,14,18H,7-8,11H2,1H3,(H,20,21). The lowest BCUT2D eigenvalue weighted by Crippen LogP contribution is -2.53. The van der Waals surface area contributed by atoms with Crippen LogP contribution in [-0.2, 0) is 16.9 Å². The van der Waals surface area contributed by atoms with Crippen molar-refractivity contribution in [3.8, 4) is 0 Å². The van der Waals surface area contributed by atoms with Crippen molar-refractivity contribution < 1.29 is 9.90 Å². The summed E-state index contributed by atoms with van der Waals surface area (Å²) in [6, 6.07) is 9.63. The molecule has 0 amide bonds. The quantitative estimate of drug-likeness (QED) is 0.851. The zero-order chi connectivity index (χ0) is 14.9. The summed E-state index contributed by atoms with van der Waals surface area (Å²) < 4.78 is 1.70. The molecule has 0 spiro atoms. The summed E-state index contributed by atoms with van der Waals surface area (Å²) in [4.78, 5) is 12.1. The lowest BCUT2D eigenvalue weighted by atomic mass is 9.89. The Balaban J connectivity index is 2.00. The minimum absolute atomic E-state index is 0.274. The Hall–Kier alpha value is -2.14. The first-order valence-corrected chi connectivity index (χ1v) is 7.16. The van der Waals surface area contributed by atoms with E-state index in [4.69, 9.17) is 0 Å². The fraction of sp³-hybridized carbons (Fsp3) is 0.375. The molecule has 21 heavy (non-hydrogen) atoms. The second kappa shape index (κ2) is 5.33. The number of nitrogens with zero attached hydrogens (tertiary/aromatic N) is 2. The molecule has 0 saturated heterocycles. The second-order valence-corrected chi connectivity index (χ2v) is 5.71. The summed E-state index contributed by atoms with van der Waals surface area (Å²) >= 11 is 0. The number of carbonyl (C=O) groups is 1. The number of aliphatic carboxylic acids is 1. The van der Waals surface area contributed by atoms with Gasteiger partial charge in [-0.05, 0) is 30.9 Å². The molecule has 3 rings (SSSR count). The number of hydrogen-bond donors (Lipinski definition) is 2. The predicted octanol–water partition coefficient (Wildman–Crippen LogP) is 1.92. The third-order valence-corrected chi connectivity index (χ3v) is 3.82. The smallest absolute Gasteiger partial charge is 0.330 e. The second-order valence-electron chi connectivity index (χ2n) is 5.71. The minimum atomic E-state index is -1.14. The molecule has 0 aliphatic heterocycles. The Morgan fingerprint density at radius 3 is 2.67 bits per heavy atom. The van der Waals surface area contributed by atoms with Gasteiger partial charge in [0.25, 0.3) is 0 Å². The SMILES string of the molecule is Cc1cnn(CC(NC2CC2)(C(=O)O)c2ccccc2)c1. The molecule has 1 unspecified atom stereocenters. The molecule has 1 atom stereocenters. The van der Waals surface area contributed by atoms with E-state index in [1.807, 2.05) is 43.5 Å². The Morgan fingerprint density at radius 1 is 1.43 bits per heavy atom. The van der Waals surface area contributed by atoms with Gasteiger partial charge < -0.3 is 5.11 Å². The molecule has 1 aliphatic carbocycles. The molecule has 1 aromatic heterocycles. The van der Waals surface area contributed by atoms with Crippen LogP contribution in [0.15, 0.2) is 42.7 Å². The van der Waals surface area contributed by atoms with Gasteiger partial charge in [0, 0.05) is 12.2 Å². The number of nitrogens with one attached hydrogen (secondary N) is 1. The van der Waals surface area contributed by atoms with Gasteiger partial charge in [-0.2, -0.15) is 5.10 Å². The highest BCUT2D eigenvalue weighted by molar-refractivity contribution is 5.80. The van der Waals surface area contributed by atoms with Gasteiger partial charge in [-0.3, -0.25) is 10.00 Å². The Bertz CT molecular complexity index is 634. The number of carboxylic acid groups (broad SMARTS) is 1. The topological polar surface area (TPSA) is 67.2 Å². The van der Waals surface area contributed by atoms with E-state index in [0.717, 1.165) is 24.0 Å². The van der Waals surface area contributed by atoms with Gasteiger partial charge in [0.05, 0.1) is 12.7 Å². The monoisotopic (exact) mass is 285 g/mol. The zero-order valence-corrected chi connectivity index (χ0v) is 12.0. The van der Waals surface area contributed by atoms with Crippen molar-refractivity contribution in [2.75, 3.05) is 0 Å². The van der Waals surface area contributed by atoms with E-state index in [1.54, 1.807) is 10.9 Å². The van der Waals surface area contributed by atoms with Gasteiger partial charge in [0.1, 0.15) is 0 Å². The van der Waals surface area contributed by atoms with Crippen molar-refractivity contribution in [3.63, 3.8) is 0 Å². The molecule has 2 N–H and O–H groups in total. The molecular formula is C16H19N3O2. The minimum Gasteiger partial charge on any atom is -0.480 e. The molecule has 1 aromatic carbocycles. The highest BCUT2D eigenvalue weighted by Gasteiger charge is 2.44. The maximum absolute atomic E-state index is 12.1. The zero-order valence-electron chi connectivity index (χ0n) is 12.0. The number of aryl methyl sites for hydroxylation is 1. The molecule has 2 aromatic rings. The molecule has 1 fully saturated rings. The molecule has 1 heterocycles. The van der Waals surface area contributed by atoms with E-state index in [9.17, 15) is 9.90 Å². The third kappa shape index (κ3) is 2.83. The van der Waals surface area contributed by atoms with Crippen LogP contribution in [0.25, 0.3) is 0 Å². The van der Waals surface area contributed by atoms with Gasteiger partial charge in [0.15, 0.2) is 5.54 Å². The molecule has 0 bridgehead atoms. The van der Waals surface area contributed by atoms with Gasteiger partial charge in [-0.15, -0.1) is 0 Å². The largest absolute Gasteiger partial charge is 0.480 e. The van der Waals surface area contributed by atoms with Gasteiger partial charge in [-0.25, -0.2) is 4.79 Å². The summed E-state index contributed by atoms with van der Waals surface area (Å²) in [5, 5.41) is 17.5. The van der Waals surface area contributed by atoms with Crippen LogP contribution in [0.3, 0.4) is 0 Å². The highest BCUT2D eigenvalue weighted by Crippen LogP contribution is 2.30.